The summed E-state index contributed by atoms with van der Waals surface area (Å²) in [6.45, 7) is 10.6. The second kappa shape index (κ2) is 9.67. The molecule has 0 aromatic heterocycles. The van der Waals surface area contributed by atoms with Gasteiger partial charge in [0.1, 0.15) is 5.70 Å². The molecule has 1 saturated heterocycles. The predicted molar refractivity (Wildman–Crippen MR) is 126 cm³/mol. The van der Waals surface area contributed by atoms with Crippen LogP contribution in [-0.2, 0) is 14.3 Å². The fourth-order valence-corrected chi connectivity index (χ4v) is 4.20. The number of imide groups is 1. The van der Waals surface area contributed by atoms with E-state index in [9.17, 15) is 9.59 Å². The zero-order valence-electron chi connectivity index (χ0n) is 19.1. The lowest BCUT2D eigenvalue weighted by Crippen LogP contribution is -2.39. The fraction of sp³-hybridized carbons (Fsp3) is 0.385. The molecule has 1 fully saturated rings. The van der Waals surface area contributed by atoms with Gasteiger partial charge in [0.15, 0.2) is 0 Å². The molecule has 4 rings (SSSR count). The largest absolute Gasteiger partial charge is 0.379 e. The first-order chi connectivity index (χ1) is 15.4. The molecule has 0 saturated carbocycles. The maximum Gasteiger partial charge on any atom is 0.278 e. The standard InChI is InChI=1S/C26H31N3O3/c1-18-6-4-7-22(16-18)27-24-23(21-9-8-19(2)20(3)17-21)25(30)29(26(24)31)11-5-10-28-12-14-32-15-13-28/h4,6-9,16-17,27H,5,10-15H2,1-3H3. The smallest absolute Gasteiger partial charge is 0.278 e. The molecule has 0 spiro atoms. The number of rotatable bonds is 7. The molecule has 32 heavy (non-hydrogen) atoms. The summed E-state index contributed by atoms with van der Waals surface area (Å²) < 4.78 is 5.40. The molecule has 2 aromatic rings. The number of hydrogen-bond acceptors (Lipinski definition) is 5. The number of aryl methyl sites for hydroxylation is 3. The molecule has 2 aliphatic rings. The molecule has 0 unspecified atom stereocenters. The zero-order chi connectivity index (χ0) is 22.7. The van der Waals surface area contributed by atoms with Gasteiger partial charge in [0.05, 0.1) is 18.8 Å². The maximum absolute atomic E-state index is 13.4. The van der Waals surface area contributed by atoms with Crippen molar-refractivity contribution in [3.8, 4) is 0 Å². The second-order valence-electron chi connectivity index (χ2n) is 8.61. The van der Waals surface area contributed by atoms with Gasteiger partial charge in [-0.1, -0.05) is 30.3 Å². The van der Waals surface area contributed by atoms with Crippen molar-refractivity contribution in [3.05, 3.63) is 70.4 Å². The Balaban J connectivity index is 1.59. The quantitative estimate of drug-likeness (QED) is 0.677. The summed E-state index contributed by atoms with van der Waals surface area (Å²) in [5.41, 5.74) is 5.72. The lowest BCUT2D eigenvalue weighted by atomic mass is 9.99. The number of carbonyl (C=O) groups is 2. The molecular formula is C26H31N3O3. The van der Waals surface area contributed by atoms with Gasteiger partial charge < -0.3 is 10.1 Å². The number of nitrogens with one attached hydrogen (secondary N) is 1. The van der Waals surface area contributed by atoms with E-state index < -0.39 is 0 Å². The third-order valence-electron chi connectivity index (χ3n) is 6.21. The first-order valence-electron chi connectivity index (χ1n) is 11.3. The van der Waals surface area contributed by atoms with Crippen molar-refractivity contribution in [2.45, 2.75) is 27.2 Å². The van der Waals surface area contributed by atoms with Crippen LogP contribution in [0.3, 0.4) is 0 Å². The van der Waals surface area contributed by atoms with E-state index in [1.807, 2.05) is 63.2 Å². The van der Waals surface area contributed by atoms with E-state index in [0.717, 1.165) is 67.2 Å². The Morgan fingerprint density at radius 1 is 0.906 bits per heavy atom. The van der Waals surface area contributed by atoms with Gasteiger partial charge >= 0.3 is 0 Å². The number of anilines is 1. The number of nitrogens with zero attached hydrogens (tertiary/aromatic N) is 2. The molecule has 1 N–H and O–H groups in total. The number of hydrogen-bond donors (Lipinski definition) is 1. The van der Waals surface area contributed by atoms with E-state index >= 15 is 0 Å². The third-order valence-corrected chi connectivity index (χ3v) is 6.21. The molecule has 2 aromatic carbocycles. The first-order valence-corrected chi connectivity index (χ1v) is 11.3. The van der Waals surface area contributed by atoms with Crippen LogP contribution in [0.1, 0.15) is 28.7 Å². The van der Waals surface area contributed by atoms with E-state index in [0.29, 0.717) is 17.8 Å². The molecule has 6 nitrogen and oxygen atoms in total. The Bertz CT molecular complexity index is 1050. The van der Waals surface area contributed by atoms with Crippen LogP contribution in [0.15, 0.2) is 48.2 Å². The molecular weight excluding hydrogens is 402 g/mol. The summed E-state index contributed by atoms with van der Waals surface area (Å²) in [7, 11) is 0. The topological polar surface area (TPSA) is 61.9 Å². The highest BCUT2D eigenvalue weighted by molar-refractivity contribution is 6.36. The van der Waals surface area contributed by atoms with Gasteiger partial charge in [0.25, 0.3) is 11.8 Å². The monoisotopic (exact) mass is 433 g/mol. The SMILES string of the molecule is Cc1cccc(NC2=C(c3ccc(C)c(C)c3)C(=O)N(CCCN3CCOCC3)C2=O)c1. The average molecular weight is 434 g/mol. The van der Waals surface area contributed by atoms with E-state index in [-0.39, 0.29) is 11.8 Å². The molecule has 0 aliphatic carbocycles. The van der Waals surface area contributed by atoms with Crippen molar-refractivity contribution in [2.75, 3.05) is 44.7 Å². The van der Waals surface area contributed by atoms with Gasteiger partial charge in [0, 0.05) is 31.9 Å². The highest BCUT2D eigenvalue weighted by Crippen LogP contribution is 2.31. The van der Waals surface area contributed by atoms with Crippen LogP contribution < -0.4 is 5.32 Å². The van der Waals surface area contributed by atoms with Crippen LogP contribution in [0.4, 0.5) is 5.69 Å². The van der Waals surface area contributed by atoms with Crippen LogP contribution in [-0.4, -0.2) is 61.0 Å². The van der Waals surface area contributed by atoms with Crippen molar-refractivity contribution >= 4 is 23.1 Å². The Hall–Kier alpha value is -2.96. The van der Waals surface area contributed by atoms with E-state index in [1.54, 1.807) is 0 Å². The summed E-state index contributed by atoms with van der Waals surface area (Å²) in [6, 6.07) is 13.8. The number of benzene rings is 2. The summed E-state index contributed by atoms with van der Waals surface area (Å²) >= 11 is 0. The normalized spacial score (nSPS) is 17.4. The molecule has 2 aliphatic heterocycles. The van der Waals surface area contributed by atoms with Crippen LogP contribution >= 0.6 is 0 Å². The van der Waals surface area contributed by atoms with Crippen molar-refractivity contribution in [1.29, 1.82) is 0 Å². The molecule has 0 radical (unpaired) electrons. The zero-order valence-corrected chi connectivity index (χ0v) is 19.1. The van der Waals surface area contributed by atoms with Crippen LogP contribution in [0.25, 0.3) is 5.57 Å². The minimum absolute atomic E-state index is 0.226. The van der Waals surface area contributed by atoms with E-state index in [2.05, 4.69) is 10.2 Å². The molecule has 0 atom stereocenters. The summed E-state index contributed by atoms with van der Waals surface area (Å²) in [5.74, 6) is -0.484. The molecule has 168 valence electrons. The first kappa shape index (κ1) is 22.2. The predicted octanol–water partition coefficient (Wildman–Crippen LogP) is 3.53. The third kappa shape index (κ3) is 4.76. The lowest BCUT2D eigenvalue weighted by molar-refractivity contribution is -0.136. The van der Waals surface area contributed by atoms with Crippen LogP contribution in [0.2, 0.25) is 0 Å². The number of morpholine rings is 1. The van der Waals surface area contributed by atoms with Gasteiger partial charge in [-0.2, -0.15) is 0 Å². The summed E-state index contributed by atoms with van der Waals surface area (Å²) in [5, 5.41) is 3.25. The highest BCUT2D eigenvalue weighted by atomic mass is 16.5. The highest BCUT2D eigenvalue weighted by Gasteiger charge is 2.39. The summed E-state index contributed by atoms with van der Waals surface area (Å²) in [4.78, 5) is 30.5. The van der Waals surface area contributed by atoms with Crippen molar-refractivity contribution in [3.63, 3.8) is 0 Å². The van der Waals surface area contributed by atoms with Crippen LogP contribution in [0.5, 0.6) is 0 Å². The van der Waals surface area contributed by atoms with Gasteiger partial charge in [-0.15, -0.1) is 0 Å². The fourth-order valence-electron chi connectivity index (χ4n) is 4.20. The Labute approximate surface area is 189 Å². The number of carbonyl (C=O) groups excluding carboxylic acids is 2. The maximum atomic E-state index is 13.4. The lowest BCUT2D eigenvalue weighted by Gasteiger charge is -2.27. The van der Waals surface area contributed by atoms with Crippen LogP contribution in [0, 0.1) is 20.8 Å². The van der Waals surface area contributed by atoms with Crippen molar-refractivity contribution in [2.24, 2.45) is 0 Å². The Morgan fingerprint density at radius 3 is 2.41 bits per heavy atom. The number of amides is 2. The Morgan fingerprint density at radius 2 is 1.69 bits per heavy atom. The molecule has 2 heterocycles. The number of ether oxygens (including phenoxy) is 1. The van der Waals surface area contributed by atoms with Gasteiger partial charge in [0.2, 0.25) is 0 Å². The minimum atomic E-state index is -0.258. The van der Waals surface area contributed by atoms with E-state index in [4.69, 9.17) is 4.74 Å². The molecule has 6 heteroatoms. The van der Waals surface area contributed by atoms with Crippen molar-refractivity contribution in [1.82, 2.24) is 9.80 Å². The van der Waals surface area contributed by atoms with Gasteiger partial charge in [-0.3, -0.25) is 19.4 Å². The molecule has 2 amide bonds. The van der Waals surface area contributed by atoms with Crippen molar-refractivity contribution < 1.29 is 14.3 Å². The Kier molecular flexibility index (Phi) is 6.72. The van der Waals surface area contributed by atoms with Gasteiger partial charge in [-0.25, -0.2) is 0 Å². The summed E-state index contributed by atoms with van der Waals surface area (Å²) in [6.07, 6.45) is 0.745. The average Bonchev–Trinajstić information content (AvgIpc) is 3.01. The second-order valence-corrected chi connectivity index (χ2v) is 8.61. The van der Waals surface area contributed by atoms with Gasteiger partial charge in [-0.05, 0) is 61.6 Å². The van der Waals surface area contributed by atoms with E-state index in [1.165, 1.54) is 4.90 Å². The molecule has 0 bridgehead atoms. The minimum Gasteiger partial charge on any atom is -0.379 e.